The number of methoxy groups -OCH3 is 1. The molecule has 0 radical (unpaired) electrons. The predicted octanol–water partition coefficient (Wildman–Crippen LogP) is 3.83. The summed E-state index contributed by atoms with van der Waals surface area (Å²) in [6, 6.07) is 1.77. The van der Waals surface area contributed by atoms with Crippen molar-refractivity contribution in [2.45, 2.75) is 65.9 Å². The lowest BCUT2D eigenvalue weighted by atomic mass is 9.81. The summed E-state index contributed by atoms with van der Waals surface area (Å²) in [5, 5.41) is 3.97. The number of hydrogen-bond acceptors (Lipinski definition) is 7. The number of rotatable bonds is 7. The molecular formula is C21H34N2O6. The van der Waals surface area contributed by atoms with E-state index in [4.69, 9.17) is 14.0 Å². The average Bonchev–Trinajstić information content (AvgIpc) is 3.06. The molecule has 1 atom stereocenters. The zero-order valence-electron chi connectivity index (χ0n) is 18.4. The minimum absolute atomic E-state index is 0.0458. The van der Waals surface area contributed by atoms with Crippen LogP contribution in [0.3, 0.4) is 0 Å². The molecule has 0 N–H and O–H groups in total. The van der Waals surface area contributed by atoms with Gasteiger partial charge in [-0.2, -0.15) is 0 Å². The summed E-state index contributed by atoms with van der Waals surface area (Å²) in [7, 11) is 1.38. The van der Waals surface area contributed by atoms with E-state index in [0.717, 1.165) is 12.8 Å². The third-order valence-electron chi connectivity index (χ3n) is 5.02. The summed E-state index contributed by atoms with van der Waals surface area (Å²) in [5.74, 6) is 0.986. The maximum Gasteiger partial charge on any atom is 0.410 e. The molecule has 2 rings (SSSR count). The largest absolute Gasteiger partial charge is 0.475 e. The fraction of sp³-hybridized carbons (Fsp3) is 0.762. The number of hydrogen-bond donors (Lipinski definition) is 0. The van der Waals surface area contributed by atoms with Gasteiger partial charge in [-0.05, 0) is 44.7 Å². The van der Waals surface area contributed by atoms with Crippen molar-refractivity contribution in [1.82, 2.24) is 10.1 Å². The molecule has 0 spiro atoms. The lowest BCUT2D eigenvalue weighted by Gasteiger charge is -2.39. The molecule has 0 aliphatic carbocycles. The third-order valence-corrected chi connectivity index (χ3v) is 5.02. The number of ether oxygens (including phenoxy) is 3. The second-order valence-corrected chi connectivity index (χ2v) is 9.29. The average molecular weight is 411 g/mol. The van der Waals surface area contributed by atoms with Gasteiger partial charge in [-0.15, -0.1) is 0 Å². The molecule has 0 saturated carbocycles. The maximum absolute atomic E-state index is 12.2. The Kier molecular flexibility index (Phi) is 7.54. The molecule has 0 unspecified atom stereocenters. The van der Waals surface area contributed by atoms with Crippen molar-refractivity contribution in [2.75, 3.05) is 26.8 Å². The highest BCUT2D eigenvalue weighted by atomic mass is 16.6. The van der Waals surface area contributed by atoms with Gasteiger partial charge < -0.3 is 23.6 Å². The molecule has 1 saturated heterocycles. The Morgan fingerprint density at radius 3 is 2.55 bits per heavy atom. The second-order valence-electron chi connectivity index (χ2n) is 9.29. The Balaban J connectivity index is 1.78. The molecule has 2 heterocycles. The van der Waals surface area contributed by atoms with Gasteiger partial charge in [0.2, 0.25) is 0 Å². The fourth-order valence-corrected chi connectivity index (χ4v) is 3.19. The van der Waals surface area contributed by atoms with E-state index in [2.05, 4.69) is 16.8 Å². The first-order valence-electron chi connectivity index (χ1n) is 10.1. The zero-order valence-corrected chi connectivity index (χ0v) is 18.4. The smallest absolute Gasteiger partial charge is 0.410 e. The summed E-state index contributed by atoms with van der Waals surface area (Å²) < 4.78 is 21.3. The van der Waals surface area contributed by atoms with E-state index in [0.29, 0.717) is 44.2 Å². The molecule has 1 aliphatic heterocycles. The first kappa shape index (κ1) is 23.0. The van der Waals surface area contributed by atoms with Gasteiger partial charge in [0.05, 0.1) is 13.7 Å². The number of carbonyl (C=O) groups is 2. The second kappa shape index (κ2) is 9.50. The van der Waals surface area contributed by atoms with Crippen molar-refractivity contribution in [3.05, 3.63) is 11.8 Å². The Bertz CT molecular complexity index is 686. The van der Waals surface area contributed by atoms with E-state index in [1.807, 2.05) is 27.7 Å². The van der Waals surface area contributed by atoms with Gasteiger partial charge in [-0.1, -0.05) is 13.8 Å². The van der Waals surface area contributed by atoms with Crippen molar-refractivity contribution < 1.29 is 28.3 Å². The highest BCUT2D eigenvalue weighted by Gasteiger charge is 2.34. The Labute approximate surface area is 172 Å². The molecule has 1 aromatic heterocycles. The number of likely N-dealkylation sites (tertiary alicyclic amines) is 1. The van der Waals surface area contributed by atoms with Crippen molar-refractivity contribution in [3.63, 3.8) is 0 Å². The minimum atomic E-state index is -0.486. The van der Waals surface area contributed by atoms with Crippen LogP contribution in [0.1, 0.15) is 59.6 Å². The van der Waals surface area contributed by atoms with Crippen molar-refractivity contribution in [3.8, 4) is 5.88 Å². The molecule has 8 heteroatoms. The van der Waals surface area contributed by atoms with Crippen LogP contribution in [0.15, 0.2) is 10.6 Å². The van der Waals surface area contributed by atoms with Crippen molar-refractivity contribution in [2.24, 2.45) is 11.3 Å². The lowest BCUT2D eigenvalue weighted by molar-refractivity contribution is -0.141. The van der Waals surface area contributed by atoms with Crippen LogP contribution in [-0.2, 0) is 20.7 Å². The first-order chi connectivity index (χ1) is 13.5. The van der Waals surface area contributed by atoms with Crippen molar-refractivity contribution in [1.29, 1.82) is 0 Å². The van der Waals surface area contributed by atoms with Crippen LogP contribution in [0.25, 0.3) is 0 Å². The SMILES string of the molecule is COC(=O)C[C@H](C)Cc1cc(OCC2(C)CCN(C(=O)OC(C)(C)C)CC2)no1. The summed E-state index contributed by atoms with van der Waals surface area (Å²) in [4.78, 5) is 25.3. The molecule has 0 bridgehead atoms. The first-order valence-corrected chi connectivity index (χ1v) is 10.1. The maximum atomic E-state index is 12.2. The number of amides is 1. The summed E-state index contributed by atoms with van der Waals surface area (Å²) in [5.41, 5.74) is -0.532. The highest BCUT2D eigenvalue weighted by Crippen LogP contribution is 2.32. The quantitative estimate of drug-likeness (QED) is 0.631. The molecule has 1 aromatic rings. The standard InChI is InChI=1S/C21H34N2O6/c1-15(12-18(24)26-6)11-16-13-17(22-29-16)27-14-21(5)7-9-23(10-8-21)19(25)28-20(2,3)4/h13,15H,7-12,14H2,1-6H3/t15-/m1/s1. The van der Waals surface area contributed by atoms with Crippen molar-refractivity contribution >= 4 is 12.1 Å². The topological polar surface area (TPSA) is 91.1 Å². The molecule has 1 aliphatic rings. The molecular weight excluding hydrogens is 376 g/mol. The lowest BCUT2D eigenvalue weighted by Crippen LogP contribution is -2.46. The van der Waals surface area contributed by atoms with Gasteiger partial charge in [0.15, 0.2) is 0 Å². The van der Waals surface area contributed by atoms with Crippen LogP contribution < -0.4 is 4.74 Å². The molecule has 29 heavy (non-hydrogen) atoms. The van der Waals surface area contributed by atoms with Gasteiger partial charge >= 0.3 is 12.1 Å². The van der Waals surface area contributed by atoms with Crippen LogP contribution in [-0.4, -0.2) is 54.5 Å². The fourth-order valence-electron chi connectivity index (χ4n) is 3.19. The molecule has 1 amide bonds. The zero-order chi connectivity index (χ0) is 21.7. The van der Waals surface area contributed by atoms with Crippen LogP contribution >= 0.6 is 0 Å². The van der Waals surface area contributed by atoms with Gasteiger partial charge in [0.1, 0.15) is 11.4 Å². The Morgan fingerprint density at radius 2 is 1.97 bits per heavy atom. The van der Waals surface area contributed by atoms with E-state index in [-0.39, 0.29) is 23.4 Å². The van der Waals surface area contributed by atoms with Gasteiger partial charge in [0, 0.05) is 37.4 Å². The predicted molar refractivity (Wildman–Crippen MR) is 107 cm³/mol. The van der Waals surface area contributed by atoms with E-state index >= 15 is 0 Å². The normalized spacial score (nSPS) is 17.5. The number of aromatic nitrogens is 1. The Hall–Kier alpha value is -2.25. The highest BCUT2D eigenvalue weighted by molar-refractivity contribution is 5.69. The third kappa shape index (κ3) is 7.59. The van der Waals surface area contributed by atoms with Gasteiger partial charge in [-0.25, -0.2) is 4.79 Å². The van der Waals surface area contributed by atoms with E-state index < -0.39 is 5.60 Å². The van der Waals surface area contributed by atoms with Crippen LogP contribution in [0, 0.1) is 11.3 Å². The van der Waals surface area contributed by atoms with E-state index in [1.165, 1.54) is 7.11 Å². The summed E-state index contributed by atoms with van der Waals surface area (Å²) >= 11 is 0. The van der Waals surface area contributed by atoms with Crippen LogP contribution in [0.4, 0.5) is 4.79 Å². The molecule has 0 aromatic carbocycles. The van der Waals surface area contributed by atoms with Gasteiger partial charge in [-0.3, -0.25) is 4.79 Å². The molecule has 1 fully saturated rings. The summed E-state index contributed by atoms with van der Waals surface area (Å²) in [6.07, 6.45) is 2.32. The monoisotopic (exact) mass is 410 g/mol. The number of nitrogens with zero attached hydrogens (tertiary/aromatic N) is 2. The van der Waals surface area contributed by atoms with E-state index in [1.54, 1.807) is 11.0 Å². The van der Waals surface area contributed by atoms with Crippen LogP contribution in [0.2, 0.25) is 0 Å². The molecule has 8 nitrogen and oxygen atoms in total. The minimum Gasteiger partial charge on any atom is -0.475 e. The Morgan fingerprint density at radius 1 is 1.31 bits per heavy atom. The summed E-state index contributed by atoms with van der Waals surface area (Å²) in [6.45, 7) is 11.5. The number of carbonyl (C=O) groups excluding carboxylic acids is 2. The van der Waals surface area contributed by atoms with Gasteiger partial charge in [0.25, 0.3) is 5.88 Å². The van der Waals surface area contributed by atoms with Crippen LogP contribution in [0.5, 0.6) is 5.88 Å². The number of piperidine rings is 1. The van der Waals surface area contributed by atoms with E-state index in [9.17, 15) is 9.59 Å². The number of esters is 1. The molecule has 164 valence electrons.